The first-order valence-electron chi connectivity index (χ1n) is 10.8. The molecular weight excluding hydrogens is 328 g/mol. The Hall–Kier alpha value is -0.160. The van der Waals surface area contributed by atoms with Crippen LogP contribution in [0.25, 0.3) is 0 Å². The first-order valence-corrected chi connectivity index (χ1v) is 10.8. The lowest BCUT2D eigenvalue weighted by Crippen LogP contribution is -2.46. The number of rotatable bonds is 17. The minimum absolute atomic E-state index is 0. The molecule has 160 valence electrons. The molecule has 0 saturated heterocycles. The summed E-state index contributed by atoms with van der Waals surface area (Å²) in [6, 6.07) is 0. The number of hydrogen-bond donors (Lipinski definition) is 0. The molecule has 0 aromatic carbocycles. The largest absolute Gasteiger partial charge is 0.412 e. The Morgan fingerprint density at radius 1 is 0.769 bits per heavy atom. The molecule has 1 atom stereocenters. The minimum atomic E-state index is -0.879. The van der Waals surface area contributed by atoms with Gasteiger partial charge in [-0.1, -0.05) is 66.7 Å². The Balaban J connectivity index is 0. The van der Waals surface area contributed by atoms with Gasteiger partial charge in [-0.2, -0.15) is 0 Å². The van der Waals surface area contributed by atoms with Crippen LogP contribution in [0.3, 0.4) is 0 Å². The second kappa shape index (κ2) is 15.9. The van der Waals surface area contributed by atoms with Gasteiger partial charge in [0.1, 0.15) is 0 Å². The van der Waals surface area contributed by atoms with Gasteiger partial charge in [0.25, 0.3) is 5.97 Å². The molecule has 0 radical (unpaired) electrons. The fourth-order valence-corrected chi connectivity index (χ4v) is 2.59. The van der Waals surface area contributed by atoms with Gasteiger partial charge in [-0.3, -0.25) is 0 Å². The van der Waals surface area contributed by atoms with E-state index in [9.17, 15) is 0 Å². The van der Waals surface area contributed by atoms with Crippen LogP contribution in [0, 0.1) is 5.92 Å². The van der Waals surface area contributed by atoms with E-state index in [0.717, 1.165) is 32.1 Å². The molecule has 0 aromatic rings. The first kappa shape index (κ1) is 28.1. The first-order chi connectivity index (χ1) is 11.8. The summed E-state index contributed by atoms with van der Waals surface area (Å²) in [5.41, 5.74) is -0.243. The minimum Gasteiger partial charge on any atom is -0.412 e. The maximum Gasteiger partial charge on any atom is 0.283 e. The van der Waals surface area contributed by atoms with Crippen molar-refractivity contribution >= 4 is 0 Å². The Kier molecular flexibility index (Phi) is 17.1. The van der Waals surface area contributed by atoms with Gasteiger partial charge in [-0.25, -0.2) is 0 Å². The highest BCUT2D eigenvalue weighted by atomic mass is 16.9. The van der Waals surface area contributed by atoms with Gasteiger partial charge in [0.05, 0.1) is 18.8 Å². The molecule has 4 nitrogen and oxygen atoms in total. The van der Waals surface area contributed by atoms with E-state index in [-0.39, 0.29) is 11.1 Å². The van der Waals surface area contributed by atoms with E-state index in [1.165, 1.54) is 32.1 Å². The molecule has 2 N–H and O–H groups in total. The van der Waals surface area contributed by atoms with Crippen LogP contribution in [0.15, 0.2) is 0 Å². The van der Waals surface area contributed by atoms with E-state index in [2.05, 4.69) is 48.5 Å². The molecule has 26 heavy (non-hydrogen) atoms. The van der Waals surface area contributed by atoms with Crippen LogP contribution < -0.4 is 0 Å². The van der Waals surface area contributed by atoms with Crippen LogP contribution in [0.5, 0.6) is 0 Å². The third kappa shape index (κ3) is 14.0. The van der Waals surface area contributed by atoms with Crippen LogP contribution >= 0.6 is 0 Å². The molecule has 0 aliphatic carbocycles. The second-order valence-corrected chi connectivity index (χ2v) is 8.30. The van der Waals surface area contributed by atoms with Crippen molar-refractivity contribution in [1.82, 2.24) is 0 Å². The van der Waals surface area contributed by atoms with Crippen LogP contribution in [-0.2, 0) is 14.2 Å². The lowest BCUT2D eigenvalue weighted by Gasteiger charge is -2.40. The van der Waals surface area contributed by atoms with Gasteiger partial charge in [0, 0.05) is 6.42 Å². The number of hydrogen-bond acceptors (Lipinski definition) is 3. The zero-order valence-corrected chi connectivity index (χ0v) is 18.8. The molecular formula is C22H48O4. The summed E-state index contributed by atoms with van der Waals surface area (Å²) in [5, 5.41) is 0. The Labute approximate surface area is 163 Å². The van der Waals surface area contributed by atoms with E-state index in [0.29, 0.717) is 19.1 Å². The fourth-order valence-electron chi connectivity index (χ4n) is 2.59. The highest BCUT2D eigenvalue weighted by Crippen LogP contribution is 2.31. The average molecular weight is 377 g/mol. The monoisotopic (exact) mass is 376 g/mol. The zero-order valence-electron chi connectivity index (χ0n) is 18.8. The summed E-state index contributed by atoms with van der Waals surface area (Å²) >= 11 is 0. The maximum atomic E-state index is 6.47. The lowest BCUT2D eigenvalue weighted by atomic mass is 10.1. The number of unbranched alkanes of at least 4 members (excludes halogenated alkanes) is 5. The second-order valence-electron chi connectivity index (χ2n) is 8.30. The SMILES string of the molecule is CCCCCCC(OCCCCC)(OCCC(C)C)OC(C)(C)CC.O. The molecule has 0 fully saturated rings. The van der Waals surface area contributed by atoms with E-state index in [1.54, 1.807) is 0 Å². The Morgan fingerprint density at radius 3 is 1.88 bits per heavy atom. The highest BCUT2D eigenvalue weighted by Gasteiger charge is 2.38. The molecule has 0 spiro atoms. The van der Waals surface area contributed by atoms with E-state index in [1.807, 2.05) is 0 Å². The predicted molar refractivity (Wildman–Crippen MR) is 111 cm³/mol. The predicted octanol–water partition coefficient (Wildman–Crippen LogP) is 6.26. The van der Waals surface area contributed by atoms with Gasteiger partial charge >= 0.3 is 0 Å². The summed E-state index contributed by atoms with van der Waals surface area (Å²) < 4.78 is 19.1. The maximum absolute atomic E-state index is 6.47. The van der Waals surface area contributed by atoms with Crippen molar-refractivity contribution < 1.29 is 19.7 Å². The van der Waals surface area contributed by atoms with E-state index >= 15 is 0 Å². The Morgan fingerprint density at radius 2 is 1.35 bits per heavy atom. The van der Waals surface area contributed by atoms with Crippen LogP contribution in [-0.4, -0.2) is 30.3 Å². The van der Waals surface area contributed by atoms with Gasteiger partial charge in [-0.15, -0.1) is 0 Å². The molecule has 0 heterocycles. The summed E-state index contributed by atoms with van der Waals surface area (Å²) in [6.45, 7) is 16.7. The fraction of sp³-hybridized carbons (Fsp3) is 1.00. The molecule has 4 heteroatoms. The van der Waals surface area contributed by atoms with Crippen molar-refractivity contribution in [1.29, 1.82) is 0 Å². The van der Waals surface area contributed by atoms with E-state index in [4.69, 9.17) is 14.2 Å². The molecule has 0 rings (SSSR count). The van der Waals surface area contributed by atoms with Gasteiger partial charge in [0.2, 0.25) is 0 Å². The van der Waals surface area contributed by atoms with Crippen molar-refractivity contribution in [3.63, 3.8) is 0 Å². The topological polar surface area (TPSA) is 59.2 Å². The third-order valence-electron chi connectivity index (χ3n) is 4.71. The Bertz CT molecular complexity index is 291. The van der Waals surface area contributed by atoms with Crippen molar-refractivity contribution in [3.8, 4) is 0 Å². The molecule has 0 aromatic heterocycles. The number of ether oxygens (including phenoxy) is 3. The van der Waals surface area contributed by atoms with Crippen LogP contribution in [0.2, 0.25) is 0 Å². The van der Waals surface area contributed by atoms with Gasteiger partial charge < -0.3 is 19.7 Å². The molecule has 0 bridgehead atoms. The van der Waals surface area contributed by atoms with E-state index < -0.39 is 5.97 Å². The smallest absolute Gasteiger partial charge is 0.283 e. The van der Waals surface area contributed by atoms with Crippen LogP contribution in [0.1, 0.15) is 113 Å². The van der Waals surface area contributed by atoms with Crippen molar-refractivity contribution in [2.24, 2.45) is 5.92 Å². The third-order valence-corrected chi connectivity index (χ3v) is 4.71. The molecule has 0 aliphatic heterocycles. The zero-order chi connectivity index (χ0) is 19.2. The normalized spacial score (nSPS) is 14.3. The molecule has 0 amide bonds. The van der Waals surface area contributed by atoms with Gasteiger partial charge in [0.15, 0.2) is 0 Å². The average Bonchev–Trinajstić information content (AvgIpc) is 2.55. The highest BCUT2D eigenvalue weighted by molar-refractivity contribution is 4.71. The standard InChI is InChI=1S/C22H46O3.H2O/c1-8-11-13-14-17-22(23-18-15-12-9-2,24-19-16-20(4)5)25-21(6,7)10-3;/h20H,8-19H2,1-7H3;1H2. The summed E-state index contributed by atoms with van der Waals surface area (Å²) in [7, 11) is 0. The summed E-state index contributed by atoms with van der Waals surface area (Å²) in [6.07, 6.45) is 11.0. The molecule has 1 unspecified atom stereocenters. The molecule has 0 saturated carbocycles. The van der Waals surface area contributed by atoms with Crippen LogP contribution in [0.4, 0.5) is 0 Å². The summed E-state index contributed by atoms with van der Waals surface area (Å²) in [4.78, 5) is 0. The molecule has 0 aliphatic rings. The van der Waals surface area contributed by atoms with Crippen molar-refractivity contribution in [2.75, 3.05) is 13.2 Å². The van der Waals surface area contributed by atoms with Gasteiger partial charge in [-0.05, 0) is 45.4 Å². The van der Waals surface area contributed by atoms with Crippen molar-refractivity contribution in [2.45, 2.75) is 124 Å². The lowest BCUT2D eigenvalue weighted by molar-refractivity contribution is -0.411. The quantitative estimate of drug-likeness (QED) is 0.222. The van der Waals surface area contributed by atoms with Crippen molar-refractivity contribution in [3.05, 3.63) is 0 Å². The summed E-state index contributed by atoms with van der Waals surface area (Å²) in [5.74, 6) is -0.257.